The number of carbonyl (C=O) groups excluding carboxylic acids is 1. The Morgan fingerprint density at radius 3 is 2.90 bits per heavy atom. The van der Waals surface area contributed by atoms with Crippen LogP contribution in [0.15, 0.2) is 12.3 Å². The zero-order valence-corrected chi connectivity index (χ0v) is 12.0. The molecule has 1 heterocycles. The van der Waals surface area contributed by atoms with E-state index in [1.54, 1.807) is 26.3 Å². The van der Waals surface area contributed by atoms with Crippen LogP contribution in [0.25, 0.3) is 0 Å². The molecule has 6 heteroatoms. The van der Waals surface area contributed by atoms with E-state index in [4.69, 9.17) is 15.2 Å². The number of carbonyl (C=O) groups is 1. The summed E-state index contributed by atoms with van der Waals surface area (Å²) in [7, 11) is 1.66. The molecule has 0 saturated heterocycles. The van der Waals surface area contributed by atoms with Gasteiger partial charge in [-0.1, -0.05) is 0 Å². The van der Waals surface area contributed by atoms with Gasteiger partial charge in [0.2, 0.25) is 0 Å². The largest absolute Gasteiger partial charge is 0.462 e. The SMILES string of the molecule is CCOC(=O)c1ccnc(N(CCOC)C2CC2)c1N. The molecule has 6 nitrogen and oxygen atoms in total. The number of nitrogens with zero attached hydrogens (tertiary/aromatic N) is 2. The van der Waals surface area contributed by atoms with Gasteiger partial charge in [-0.15, -0.1) is 0 Å². The van der Waals surface area contributed by atoms with Gasteiger partial charge in [-0.25, -0.2) is 9.78 Å². The van der Waals surface area contributed by atoms with Gasteiger partial charge in [0.15, 0.2) is 5.82 Å². The normalized spacial score (nSPS) is 14.1. The second-order valence-corrected chi connectivity index (χ2v) is 4.73. The number of nitrogen functional groups attached to an aromatic ring is 1. The van der Waals surface area contributed by atoms with Crippen LogP contribution in [-0.4, -0.2) is 43.9 Å². The van der Waals surface area contributed by atoms with Gasteiger partial charge in [0, 0.05) is 25.9 Å². The Kier molecular flexibility index (Phi) is 4.79. The molecule has 20 heavy (non-hydrogen) atoms. The first-order valence-electron chi connectivity index (χ1n) is 6.86. The maximum atomic E-state index is 11.9. The fraction of sp³-hybridized carbons (Fsp3) is 0.571. The predicted molar refractivity (Wildman–Crippen MR) is 76.8 cm³/mol. The summed E-state index contributed by atoms with van der Waals surface area (Å²) in [6, 6.07) is 2.04. The van der Waals surface area contributed by atoms with Crippen LogP contribution in [0, 0.1) is 0 Å². The molecule has 2 rings (SSSR count). The highest BCUT2D eigenvalue weighted by molar-refractivity contribution is 5.97. The summed E-state index contributed by atoms with van der Waals surface area (Å²) < 4.78 is 10.1. The Bertz CT molecular complexity index is 475. The standard InChI is InChI=1S/C14H21N3O3/c1-3-20-14(18)11-6-7-16-13(12(11)15)17(8-9-19-2)10-4-5-10/h6-7,10H,3-5,8-9,15H2,1-2H3. The van der Waals surface area contributed by atoms with E-state index in [-0.39, 0.29) is 0 Å². The molecule has 0 unspecified atom stereocenters. The van der Waals surface area contributed by atoms with Gasteiger partial charge in [0.25, 0.3) is 0 Å². The highest BCUT2D eigenvalue weighted by atomic mass is 16.5. The predicted octanol–water partition coefficient (Wildman–Crippen LogP) is 1.46. The van der Waals surface area contributed by atoms with E-state index in [1.165, 1.54) is 0 Å². The van der Waals surface area contributed by atoms with Crippen molar-refractivity contribution in [2.45, 2.75) is 25.8 Å². The molecule has 1 aliphatic rings. The van der Waals surface area contributed by atoms with Crippen molar-refractivity contribution < 1.29 is 14.3 Å². The van der Waals surface area contributed by atoms with Crippen LogP contribution >= 0.6 is 0 Å². The fourth-order valence-electron chi connectivity index (χ4n) is 2.12. The first-order chi connectivity index (χ1) is 9.69. The number of nitrogens with two attached hydrogens (primary N) is 1. The Balaban J connectivity index is 2.25. The van der Waals surface area contributed by atoms with Gasteiger partial charge in [-0.05, 0) is 25.8 Å². The van der Waals surface area contributed by atoms with Gasteiger partial charge in [0.1, 0.15) is 0 Å². The number of hydrogen-bond acceptors (Lipinski definition) is 6. The van der Waals surface area contributed by atoms with E-state index in [2.05, 4.69) is 9.88 Å². The van der Waals surface area contributed by atoms with E-state index < -0.39 is 5.97 Å². The van der Waals surface area contributed by atoms with Crippen LogP contribution in [0.4, 0.5) is 11.5 Å². The first kappa shape index (κ1) is 14.6. The maximum Gasteiger partial charge on any atom is 0.340 e. The van der Waals surface area contributed by atoms with E-state index in [9.17, 15) is 4.79 Å². The van der Waals surface area contributed by atoms with Crippen LogP contribution in [0.1, 0.15) is 30.1 Å². The van der Waals surface area contributed by atoms with Crippen molar-refractivity contribution in [3.8, 4) is 0 Å². The lowest BCUT2D eigenvalue weighted by molar-refractivity contribution is 0.0527. The highest BCUT2D eigenvalue weighted by Crippen LogP contribution is 2.34. The summed E-state index contributed by atoms with van der Waals surface area (Å²) in [6.07, 6.45) is 3.84. The lowest BCUT2D eigenvalue weighted by Crippen LogP contribution is -2.31. The summed E-state index contributed by atoms with van der Waals surface area (Å²) in [5, 5.41) is 0. The topological polar surface area (TPSA) is 77.7 Å². The molecule has 2 N–H and O–H groups in total. The Labute approximate surface area is 118 Å². The average Bonchev–Trinajstić information content (AvgIpc) is 3.25. The third kappa shape index (κ3) is 3.19. The molecule has 1 fully saturated rings. The summed E-state index contributed by atoms with van der Waals surface area (Å²) in [6.45, 7) is 3.41. The molecule has 110 valence electrons. The van der Waals surface area contributed by atoms with Crippen molar-refractivity contribution in [3.63, 3.8) is 0 Å². The molecule has 0 radical (unpaired) electrons. The highest BCUT2D eigenvalue weighted by Gasteiger charge is 2.31. The van der Waals surface area contributed by atoms with E-state index in [0.29, 0.717) is 42.9 Å². The molecule has 1 aromatic heterocycles. The second-order valence-electron chi connectivity index (χ2n) is 4.73. The number of hydrogen-bond donors (Lipinski definition) is 1. The average molecular weight is 279 g/mol. The third-order valence-electron chi connectivity index (χ3n) is 3.26. The van der Waals surface area contributed by atoms with Crippen molar-refractivity contribution >= 4 is 17.5 Å². The second kappa shape index (κ2) is 6.56. The number of aromatic nitrogens is 1. The van der Waals surface area contributed by atoms with Gasteiger partial charge in [-0.2, -0.15) is 0 Å². The molecular formula is C14H21N3O3. The minimum Gasteiger partial charge on any atom is -0.462 e. The molecule has 0 aromatic carbocycles. The fourth-order valence-corrected chi connectivity index (χ4v) is 2.12. The molecule has 0 amide bonds. The molecule has 0 bridgehead atoms. The van der Waals surface area contributed by atoms with Crippen LogP contribution in [-0.2, 0) is 9.47 Å². The minimum atomic E-state index is -0.406. The Morgan fingerprint density at radius 1 is 1.55 bits per heavy atom. The molecular weight excluding hydrogens is 258 g/mol. The molecule has 0 aliphatic heterocycles. The third-order valence-corrected chi connectivity index (χ3v) is 3.26. The number of pyridine rings is 1. The number of esters is 1. The molecule has 1 saturated carbocycles. The number of ether oxygens (including phenoxy) is 2. The summed E-state index contributed by atoms with van der Waals surface area (Å²) >= 11 is 0. The van der Waals surface area contributed by atoms with Crippen LogP contribution in [0.3, 0.4) is 0 Å². The molecule has 0 atom stereocenters. The number of methoxy groups -OCH3 is 1. The lowest BCUT2D eigenvalue weighted by atomic mass is 10.2. The monoisotopic (exact) mass is 279 g/mol. The van der Waals surface area contributed by atoms with Crippen LogP contribution in [0.2, 0.25) is 0 Å². The van der Waals surface area contributed by atoms with Crippen LogP contribution < -0.4 is 10.6 Å². The number of anilines is 2. The maximum absolute atomic E-state index is 11.9. The van der Waals surface area contributed by atoms with Crippen molar-refractivity contribution in [3.05, 3.63) is 17.8 Å². The van der Waals surface area contributed by atoms with Crippen molar-refractivity contribution in [1.29, 1.82) is 0 Å². The minimum absolute atomic E-state index is 0.325. The molecule has 0 spiro atoms. The van der Waals surface area contributed by atoms with Crippen molar-refractivity contribution in [1.82, 2.24) is 4.98 Å². The number of rotatable bonds is 7. The summed E-state index contributed by atoms with van der Waals surface area (Å²) in [5.74, 6) is 0.242. The molecule has 1 aliphatic carbocycles. The lowest BCUT2D eigenvalue weighted by Gasteiger charge is -2.25. The van der Waals surface area contributed by atoms with E-state index in [1.807, 2.05) is 0 Å². The van der Waals surface area contributed by atoms with E-state index >= 15 is 0 Å². The summed E-state index contributed by atoms with van der Waals surface area (Å²) in [5.41, 5.74) is 6.87. The van der Waals surface area contributed by atoms with Crippen LogP contribution in [0.5, 0.6) is 0 Å². The van der Waals surface area contributed by atoms with Crippen molar-refractivity contribution in [2.24, 2.45) is 0 Å². The van der Waals surface area contributed by atoms with E-state index in [0.717, 1.165) is 12.8 Å². The molecule has 1 aromatic rings. The quantitative estimate of drug-likeness (QED) is 0.761. The smallest absolute Gasteiger partial charge is 0.340 e. The Hall–Kier alpha value is -1.82. The Morgan fingerprint density at radius 2 is 2.30 bits per heavy atom. The first-order valence-corrected chi connectivity index (χ1v) is 6.86. The van der Waals surface area contributed by atoms with Gasteiger partial charge < -0.3 is 20.1 Å². The zero-order chi connectivity index (χ0) is 14.5. The van der Waals surface area contributed by atoms with Gasteiger partial charge >= 0.3 is 5.97 Å². The van der Waals surface area contributed by atoms with Crippen molar-refractivity contribution in [2.75, 3.05) is 37.5 Å². The summed E-state index contributed by atoms with van der Waals surface area (Å²) in [4.78, 5) is 18.3. The van der Waals surface area contributed by atoms with Gasteiger partial charge in [-0.3, -0.25) is 0 Å². The van der Waals surface area contributed by atoms with Gasteiger partial charge in [0.05, 0.1) is 24.5 Å². The zero-order valence-electron chi connectivity index (χ0n) is 12.0.